The third kappa shape index (κ3) is 4.22. The highest BCUT2D eigenvalue weighted by molar-refractivity contribution is 5.31. The first-order valence-corrected chi connectivity index (χ1v) is 11.3. The Morgan fingerprint density at radius 2 is 1.64 bits per heavy atom. The molecule has 4 rings (SSSR count). The molecule has 0 aromatic carbocycles. The Morgan fingerprint density at radius 1 is 0.964 bits per heavy atom. The second-order valence-corrected chi connectivity index (χ2v) is 11.1. The van der Waals surface area contributed by atoms with Gasteiger partial charge in [-0.1, -0.05) is 50.5 Å². The third-order valence-electron chi connectivity index (χ3n) is 7.89. The van der Waals surface area contributed by atoms with Gasteiger partial charge in [-0.3, -0.25) is 0 Å². The van der Waals surface area contributed by atoms with E-state index >= 15 is 0 Å². The predicted molar refractivity (Wildman–Crippen MR) is 115 cm³/mol. The van der Waals surface area contributed by atoms with Crippen LogP contribution in [0.1, 0.15) is 86.5 Å². The molecule has 2 nitrogen and oxygen atoms in total. The third-order valence-corrected chi connectivity index (χ3v) is 7.89. The molecule has 2 saturated carbocycles. The molecule has 0 saturated heterocycles. The van der Waals surface area contributed by atoms with E-state index in [1.165, 1.54) is 37.7 Å². The van der Waals surface area contributed by atoms with E-state index in [0.29, 0.717) is 40.4 Å². The maximum absolute atomic E-state index is 8.89. The number of allylic oxidation sites excluding steroid dienone is 4. The zero-order valence-corrected chi connectivity index (χ0v) is 18.8. The maximum atomic E-state index is 8.89. The summed E-state index contributed by atoms with van der Waals surface area (Å²) in [7, 11) is 0. The molecule has 4 aliphatic rings. The minimum absolute atomic E-state index is 0.331. The SMILES string of the molecule is CC1=C(C2CC2C#N)C(C)(C)CCC1.CC1=CCCC(C)(C)C1C1CC1C#N. The highest BCUT2D eigenvalue weighted by atomic mass is 14.5. The lowest BCUT2D eigenvalue weighted by atomic mass is 9.66. The molecule has 0 spiro atoms. The first-order chi connectivity index (χ1) is 13.1. The first kappa shape index (κ1) is 21.2. The molecule has 4 aliphatic carbocycles. The molecular formula is C26H38N2. The summed E-state index contributed by atoms with van der Waals surface area (Å²) in [5, 5.41) is 17.8. The van der Waals surface area contributed by atoms with Gasteiger partial charge in [-0.2, -0.15) is 10.5 Å². The number of nitriles is 2. The molecule has 0 N–H and O–H groups in total. The summed E-state index contributed by atoms with van der Waals surface area (Å²) in [6, 6.07) is 4.83. The number of rotatable bonds is 2. The van der Waals surface area contributed by atoms with Gasteiger partial charge in [-0.15, -0.1) is 0 Å². The van der Waals surface area contributed by atoms with Gasteiger partial charge in [0.25, 0.3) is 0 Å². The minimum Gasteiger partial charge on any atom is -0.198 e. The molecule has 0 heterocycles. The lowest BCUT2D eigenvalue weighted by Gasteiger charge is -2.39. The van der Waals surface area contributed by atoms with Crippen molar-refractivity contribution in [2.75, 3.05) is 0 Å². The predicted octanol–water partition coefficient (Wildman–Crippen LogP) is 7.20. The van der Waals surface area contributed by atoms with Crippen LogP contribution in [-0.4, -0.2) is 0 Å². The lowest BCUT2D eigenvalue weighted by Crippen LogP contribution is -2.29. The fourth-order valence-electron chi connectivity index (χ4n) is 6.34. The van der Waals surface area contributed by atoms with Crippen LogP contribution in [0, 0.1) is 63.1 Å². The Labute approximate surface area is 172 Å². The second kappa shape index (κ2) is 7.71. The van der Waals surface area contributed by atoms with Crippen LogP contribution in [0.15, 0.2) is 22.8 Å². The average Bonchev–Trinajstić information content (AvgIpc) is 3.49. The minimum atomic E-state index is 0.331. The summed E-state index contributed by atoms with van der Waals surface area (Å²) in [4.78, 5) is 0. The van der Waals surface area contributed by atoms with Gasteiger partial charge in [0, 0.05) is 0 Å². The molecule has 2 fully saturated rings. The van der Waals surface area contributed by atoms with Gasteiger partial charge in [0.1, 0.15) is 0 Å². The van der Waals surface area contributed by atoms with Crippen LogP contribution >= 0.6 is 0 Å². The Hall–Kier alpha value is -1.54. The first-order valence-electron chi connectivity index (χ1n) is 11.3. The van der Waals surface area contributed by atoms with Gasteiger partial charge in [-0.05, 0) is 87.4 Å². The van der Waals surface area contributed by atoms with Crippen LogP contribution in [0.4, 0.5) is 0 Å². The molecule has 0 radical (unpaired) electrons. The highest BCUT2D eigenvalue weighted by Gasteiger charge is 2.50. The van der Waals surface area contributed by atoms with E-state index < -0.39 is 0 Å². The normalized spacial score (nSPS) is 37.6. The van der Waals surface area contributed by atoms with Crippen molar-refractivity contribution >= 4 is 0 Å². The van der Waals surface area contributed by atoms with Crippen molar-refractivity contribution in [3.05, 3.63) is 22.8 Å². The Kier molecular flexibility index (Phi) is 5.83. The van der Waals surface area contributed by atoms with Crippen molar-refractivity contribution in [1.82, 2.24) is 0 Å². The van der Waals surface area contributed by atoms with Crippen LogP contribution in [0.25, 0.3) is 0 Å². The quantitative estimate of drug-likeness (QED) is 0.477. The summed E-state index contributed by atoms with van der Waals surface area (Å²) in [6.45, 7) is 13.9. The van der Waals surface area contributed by atoms with Crippen molar-refractivity contribution in [2.24, 2.45) is 40.4 Å². The molecule has 0 amide bonds. The van der Waals surface area contributed by atoms with Gasteiger partial charge in [0.15, 0.2) is 0 Å². The molecule has 5 unspecified atom stereocenters. The van der Waals surface area contributed by atoms with Gasteiger partial charge >= 0.3 is 0 Å². The number of hydrogen-bond donors (Lipinski definition) is 0. The summed E-state index contributed by atoms with van der Waals surface area (Å²) in [5.74, 6) is 2.61. The molecule has 0 aromatic rings. The largest absolute Gasteiger partial charge is 0.198 e. The Balaban J connectivity index is 0.000000161. The smallest absolute Gasteiger partial charge is 0.0662 e. The van der Waals surface area contributed by atoms with Crippen molar-refractivity contribution < 1.29 is 0 Å². The molecular weight excluding hydrogens is 340 g/mol. The zero-order valence-electron chi connectivity index (χ0n) is 18.8. The molecule has 5 atom stereocenters. The summed E-state index contributed by atoms with van der Waals surface area (Å²) >= 11 is 0. The second-order valence-electron chi connectivity index (χ2n) is 11.1. The summed E-state index contributed by atoms with van der Waals surface area (Å²) < 4.78 is 0. The van der Waals surface area contributed by atoms with E-state index in [4.69, 9.17) is 10.5 Å². The van der Waals surface area contributed by atoms with Gasteiger partial charge in [-0.25, -0.2) is 0 Å². The molecule has 0 aromatic heterocycles. The van der Waals surface area contributed by atoms with Gasteiger partial charge in [0.05, 0.1) is 24.0 Å². The molecule has 28 heavy (non-hydrogen) atoms. The van der Waals surface area contributed by atoms with Crippen LogP contribution in [-0.2, 0) is 0 Å². The highest BCUT2D eigenvalue weighted by Crippen LogP contribution is 2.56. The van der Waals surface area contributed by atoms with Crippen molar-refractivity contribution in [2.45, 2.75) is 86.5 Å². The Bertz CT molecular complexity index is 752. The number of nitrogens with zero attached hydrogens (tertiary/aromatic N) is 2. The van der Waals surface area contributed by atoms with Crippen LogP contribution in [0.2, 0.25) is 0 Å². The molecule has 152 valence electrons. The summed E-state index contributed by atoms with van der Waals surface area (Å²) in [5.41, 5.74) is 5.50. The van der Waals surface area contributed by atoms with Crippen LogP contribution in [0.3, 0.4) is 0 Å². The molecule has 2 heteroatoms. The zero-order chi connectivity index (χ0) is 20.7. The van der Waals surface area contributed by atoms with Crippen molar-refractivity contribution in [3.63, 3.8) is 0 Å². The van der Waals surface area contributed by atoms with E-state index in [9.17, 15) is 0 Å². The van der Waals surface area contributed by atoms with Crippen molar-refractivity contribution in [3.8, 4) is 12.1 Å². The fourth-order valence-corrected chi connectivity index (χ4v) is 6.34. The maximum Gasteiger partial charge on any atom is 0.0662 e. The topological polar surface area (TPSA) is 47.6 Å². The van der Waals surface area contributed by atoms with E-state index in [-0.39, 0.29) is 0 Å². The van der Waals surface area contributed by atoms with E-state index in [0.717, 1.165) is 12.8 Å². The van der Waals surface area contributed by atoms with Gasteiger partial charge in [0.2, 0.25) is 0 Å². The van der Waals surface area contributed by atoms with Gasteiger partial charge < -0.3 is 0 Å². The number of hydrogen-bond acceptors (Lipinski definition) is 2. The monoisotopic (exact) mass is 378 g/mol. The fraction of sp³-hybridized carbons (Fsp3) is 0.769. The van der Waals surface area contributed by atoms with E-state index in [2.05, 4.69) is 59.8 Å². The molecule has 0 aliphatic heterocycles. The molecule has 0 bridgehead atoms. The van der Waals surface area contributed by atoms with E-state index in [1.54, 1.807) is 11.1 Å². The van der Waals surface area contributed by atoms with Crippen LogP contribution < -0.4 is 0 Å². The van der Waals surface area contributed by atoms with Crippen LogP contribution in [0.5, 0.6) is 0 Å². The Morgan fingerprint density at radius 3 is 2.14 bits per heavy atom. The van der Waals surface area contributed by atoms with E-state index in [1.807, 2.05) is 0 Å². The summed E-state index contributed by atoms with van der Waals surface area (Å²) in [6.07, 6.45) is 11.0. The standard InChI is InChI=1S/2C13H19N/c2*1-9-5-4-6-13(2,3)12(9)11-7-10(11)8-14/h10-11H,4-7H2,1-3H3;5,10-12H,4,6-7H2,1-3H3. The lowest BCUT2D eigenvalue weighted by molar-refractivity contribution is 0.188. The average molecular weight is 379 g/mol. The van der Waals surface area contributed by atoms with Crippen molar-refractivity contribution in [1.29, 1.82) is 10.5 Å².